The summed E-state index contributed by atoms with van der Waals surface area (Å²) >= 11 is 1.47. The Balaban J connectivity index is 1.40. The van der Waals surface area contributed by atoms with Gasteiger partial charge >= 0.3 is 0 Å². The van der Waals surface area contributed by atoms with Crippen molar-refractivity contribution in [2.45, 2.75) is 18.9 Å². The highest BCUT2D eigenvalue weighted by molar-refractivity contribution is 7.20. The smallest absolute Gasteiger partial charge is 0.274 e. The van der Waals surface area contributed by atoms with Crippen LogP contribution in [0.15, 0.2) is 48.5 Å². The van der Waals surface area contributed by atoms with E-state index in [2.05, 4.69) is 16.4 Å². The molecule has 1 aliphatic heterocycles. The van der Waals surface area contributed by atoms with E-state index in [0.717, 1.165) is 28.7 Å². The summed E-state index contributed by atoms with van der Waals surface area (Å²) < 4.78 is 6.68. The lowest BCUT2D eigenvalue weighted by Crippen LogP contribution is -2.36. The maximum atomic E-state index is 12.4. The number of nitrogens with zero attached hydrogens (tertiary/aromatic N) is 1. The SMILES string of the molecule is O=C(COc1nc2ccccc2s1)C1CCc2ccccc2N1. The monoisotopic (exact) mass is 324 g/mol. The van der Waals surface area contributed by atoms with Crippen molar-refractivity contribution in [3.63, 3.8) is 0 Å². The van der Waals surface area contributed by atoms with Crippen LogP contribution < -0.4 is 10.1 Å². The second kappa shape index (κ2) is 6.01. The quantitative estimate of drug-likeness (QED) is 0.795. The first-order valence-corrected chi connectivity index (χ1v) is 8.47. The summed E-state index contributed by atoms with van der Waals surface area (Å²) in [5.74, 6) is 0.0683. The van der Waals surface area contributed by atoms with Crippen LogP contribution in [0.3, 0.4) is 0 Å². The zero-order chi connectivity index (χ0) is 15.6. The molecule has 0 radical (unpaired) electrons. The number of thiazole rings is 1. The predicted molar refractivity (Wildman–Crippen MR) is 92.3 cm³/mol. The van der Waals surface area contributed by atoms with Gasteiger partial charge in [0.1, 0.15) is 0 Å². The lowest BCUT2D eigenvalue weighted by molar-refractivity contribution is -0.121. The number of nitrogens with one attached hydrogen (secondary N) is 1. The fourth-order valence-electron chi connectivity index (χ4n) is 2.83. The predicted octanol–water partition coefficient (Wildman–Crippen LogP) is 3.67. The van der Waals surface area contributed by atoms with Crippen LogP contribution >= 0.6 is 11.3 Å². The minimum atomic E-state index is -0.181. The second-order valence-electron chi connectivity index (χ2n) is 5.60. The number of aromatic nitrogens is 1. The zero-order valence-corrected chi connectivity index (χ0v) is 13.3. The molecule has 0 amide bonds. The van der Waals surface area contributed by atoms with Gasteiger partial charge in [0.25, 0.3) is 5.19 Å². The molecule has 116 valence electrons. The highest BCUT2D eigenvalue weighted by Gasteiger charge is 2.24. The van der Waals surface area contributed by atoms with Crippen LogP contribution in [0.2, 0.25) is 0 Å². The molecule has 0 bridgehead atoms. The molecule has 0 saturated carbocycles. The number of rotatable bonds is 4. The van der Waals surface area contributed by atoms with Crippen LogP contribution in [0.4, 0.5) is 5.69 Å². The number of Topliss-reactive ketones (excluding diaryl/α,β-unsaturated/α-hetero) is 1. The van der Waals surface area contributed by atoms with Crippen LogP contribution in [0.25, 0.3) is 10.2 Å². The van der Waals surface area contributed by atoms with Gasteiger partial charge < -0.3 is 10.1 Å². The zero-order valence-electron chi connectivity index (χ0n) is 12.5. The summed E-state index contributed by atoms with van der Waals surface area (Å²) in [4.78, 5) is 16.8. The first kappa shape index (κ1) is 14.2. The summed E-state index contributed by atoms with van der Waals surface area (Å²) in [6.45, 7) is 0.0552. The number of benzene rings is 2. The van der Waals surface area contributed by atoms with Gasteiger partial charge in [-0.05, 0) is 36.6 Å². The van der Waals surface area contributed by atoms with E-state index in [1.807, 2.05) is 42.5 Å². The maximum Gasteiger partial charge on any atom is 0.274 e. The molecule has 4 rings (SSSR count). The number of hydrogen-bond acceptors (Lipinski definition) is 5. The van der Waals surface area contributed by atoms with Crippen LogP contribution in [0, 0.1) is 0 Å². The number of fused-ring (bicyclic) bond motifs is 2. The number of ketones is 1. The first-order chi connectivity index (χ1) is 11.3. The molecular formula is C18H16N2O2S. The lowest BCUT2D eigenvalue weighted by atomic mass is 9.96. The van der Waals surface area contributed by atoms with Crippen molar-refractivity contribution in [2.75, 3.05) is 11.9 Å². The molecule has 5 heteroatoms. The van der Waals surface area contributed by atoms with E-state index in [0.29, 0.717) is 5.19 Å². The fourth-order valence-corrected chi connectivity index (χ4v) is 3.64. The third-order valence-corrected chi connectivity index (χ3v) is 5.00. The number of ether oxygens (including phenoxy) is 1. The van der Waals surface area contributed by atoms with E-state index in [9.17, 15) is 4.79 Å². The number of carbonyl (C=O) groups is 1. The number of carbonyl (C=O) groups excluding carboxylic acids is 1. The average molecular weight is 324 g/mol. The van der Waals surface area contributed by atoms with E-state index < -0.39 is 0 Å². The van der Waals surface area contributed by atoms with Crippen molar-refractivity contribution in [3.8, 4) is 5.19 Å². The van der Waals surface area contributed by atoms with E-state index in [-0.39, 0.29) is 18.4 Å². The van der Waals surface area contributed by atoms with Gasteiger partial charge in [-0.15, -0.1) is 0 Å². The van der Waals surface area contributed by atoms with Crippen molar-refractivity contribution < 1.29 is 9.53 Å². The third-order valence-electron chi connectivity index (χ3n) is 4.05. The molecule has 1 unspecified atom stereocenters. The molecule has 2 aromatic carbocycles. The molecule has 0 aliphatic carbocycles. The first-order valence-electron chi connectivity index (χ1n) is 7.65. The standard InChI is InChI=1S/C18H16N2O2S/c21-16(14-10-9-12-5-1-2-6-13(12)19-14)11-22-18-20-15-7-3-4-8-17(15)23-18/h1-8,14,19H,9-11H2. The van der Waals surface area contributed by atoms with E-state index in [1.165, 1.54) is 16.9 Å². The van der Waals surface area contributed by atoms with E-state index in [4.69, 9.17) is 4.74 Å². The highest BCUT2D eigenvalue weighted by atomic mass is 32.1. The van der Waals surface area contributed by atoms with Gasteiger partial charge in [0, 0.05) is 5.69 Å². The van der Waals surface area contributed by atoms with Gasteiger partial charge in [0.2, 0.25) is 0 Å². The Morgan fingerprint density at radius 1 is 1.22 bits per heavy atom. The molecule has 0 spiro atoms. The van der Waals surface area contributed by atoms with Crippen molar-refractivity contribution in [1.29, 1.82) is 0 Å². The normalized spacial score (nSPS) is 16.6. The minimum Gasteiger partial charge on any atom is -0.462 e. The average Bonchev–Trinajstić information content (AvgIpc) is 3.02. The molecule has 3 aromatic rings. The van der Waals surface area contributed by atoms with E-state index >= 15 is 0 Å². The van der Waals surface area contributed by atoms with Crippen LogP contribution in [-0.2, 0) is 11.2 Å². The molecule has 1 aliphatic rings. The summed E-state index contributed by atoms with van der Waals surface area (Å²) in [5.41, 5.74) is 3.23. The number of para-hydroxylation sites is 2. The Kier molecular flexibility index (Phi) is 3.71. The summed E-state index contributed by atoms with van der Waals surface area (Å²) in [6, 6.07) is 15.8. The molecule has 4 nitrogen and oxygen atoms in total. The Morgan fingerprint density at radius 3 is 2.96 bits per heavy atom. The minimum absolute atomic E-state index is 0.0552. The largest absolute Gasteiger partial charge is 0.462 e. The van der Waals surface area contributed by atoms with Crippen molar-refractivity contribution >= 4 is 33.0 Å². The van der Waals surface area contributed by atoms with Crippen molar-refractivity contribution in [1.82, 2.24) is 4.98 Å². The molecule has 0 saturated heterocycles. The van der Waals surface area contributed by atoms with E-state index in [1.54, 1.807) is 0 Å². The molecule has 23 heavy (non-hydrogen) atoms. The van der Waals surface area contributed by atoms with Crippen LogP contribution in [-0.4, -0.2) is 23.4 Å². The summed E-state index contributed by atoms with van der Waals surface area (Å²) in [6.07, 6.45) is 1.72. The molecular weight excluding hydrogens is 308 g/mol. The van der Waals surface area contributed by atoms with Gasteiger partial charge in [-0.1, -0.05) is 41.7 Å². The Labute approximate surface area is 138 Å². The Morgan fingerprint density at radius 2 is 2.04 bits per heavy atom. The van der Waals surface area contributed by atoms with Gasteiger partial charge in [-0.25, -0.2) is 4.98 Å². The van der Waals surface area contributed by atoms with Gasteiger partial charge in [-0.3, -0.25) is 4.79 Å². The number of aryl methyl sites for hydroxylation is 1. The van der Waals surface area contributed by atoms with Crippen molar-refractivity contribution in [2.24, 2.45) is 0 Å². The maximum absolute atomic E-state index is 12.4. The van der Waals surface area contributed by atoms with Gasteiger partial charge in [0.15, 0.2) is 12.4 Å². The Hall–Kier alpha value is -2.40. The topological polar surface area (TPSA) is 51.2 Å². The van der Waals surface area contributed by atoms with Crippen molar-refractivity contribution in [3.05, 3.63) is 54.1 Å². The summed E-state index contributed by atoms with van der Waals surface area (Å²) in [7, 11) is 0. The third kappa shape index (κ3) is 2.92. The molecule has 2 heterocycles. The van der Waals surface area contributed by atoms with Gasteiger partial charge in [-0.2, -0.15) is 0 Å². The number of anilines is 1. The highest BCUT2D eigenvalue weighted by Crippen LogP contribution is 2.28. The number of hydrogen-bond donors (Lipinski definition) is 1. The van der Waals surface area contributed by atoms with Gasteiger partial charge in [0.05, 0.1) is 16.3 Å². The second-order valence-corrected chi connectivity index (χ2v) is 6.59. The fraction of sp³-hybridized carbons (Fsp3) is 0.222. The summed E-state index contributed by atoms with van der Waals surface area (Å²) in [5, 5.41) is 3.86. The van der Waals surface area contributed by atoms with Crippen LogP contribution in [0.1, 0.15) is 12.0 Å². The Bertz CT molecular complexity index is 826. The molecule has 1 N–H and O–H groups in total. The molecule has 1 atom stereocenters. The van der Waals surface area contributed by atoms with Crippen LogP contribution in [0.5, 0.6) is 5.19 Å². The lowest BCUT2D eigenvalue weighted by Gasteiger charge is -2.25. The molecule has 0 fully saturated rings. The molecule has 1 aromatic heterocycles.